The number of hydrogen-bond donors (Lipinski definition) is 0. The van der Waals surface area contributed by atoms with Gasteiger partial charge in [-0.1, -0.05) is 20.8 Å². The summed E-state index contributed by atoms with van der Waals surface area (Å²) in [5.41, 5.74) is 1.57. The lowest BCUT2D eigenvalue weighted by Crippen LogP contribution is -2.22. The summed E-state index contributed by atoms with van der Waals surface area (Å²) in [6.07, 6.45) is 6.99. The Hall–Kier alpha value is -0.590. The Labute approximate surface area is 75.8 Å². The van der Waals surface area contributed by atoms with E-state index in [0.717, 1.165) is 11.8 Å². The van der Waals surface area contributed by atoms with Crippen LogP contribution in [0, 0.1) is 11.8 Å². The third kappa shape index (κ3) is 1.96. The van der Waals surface area contributed by atoms with E-state index < -0.39 is 0 Å². The smallest absolute Gasteiger partial charge is 0.164 e. The molecule has 0 aromatic heterocycles. The highest BCUT2D eigenvalue weighted by Gasteiger charge is 2.21. The van der Waals surface area contributed by atoms with E-state index in [1.807, 2.05) is 0 Å². The Balaban J connectivity index is 2.70. The minimum absolute atomic E-state index is 0.760. The first-order valence-corrected chi connectivity index (χ1v) is 4.91. The molecule has 0 saturated carbocycles. The second kappa shape index (κ2) is 3.88. The maximum Gasteiger partial charge on any atom is 0.164 e. The summed E-state index contributed by atoms with van der Waals surface area (Å²) in [6, 6.07) is 0. The highest BCUT2D eigenvalue weighted by Crippen LogP contribution is 2.21. The summed E-state index contributed by atoms with van der Waals surface area (Å²) in [5, 5.41) is 0. The van der Waals surface area contributed by atoms with Crippen LogP contribution in [-0.2, 0) is 0 Å². The molecule has 0 aromatic rings. The van der Waals surface area contributed by atoms with Crippen molar-refractivity contribution in [3.8, 4) is 0 Å². The molecule has 0 N–H and O–H groups in total. The van der Waals surface area contributed by atoms with Crippen LogP contribution in [-0.4, -0.2) is 17.3 Å². The molecule has 68 valence electrons. The molecule has 1 heteroatoms. The normalized spacial score (nSPS) is 23.9. The van der Waals surface area contributed by atoms with Crippen molar-refractivity contribution in [2.24, 2.45) is 11.8 Å². The van der Waals surface area contributed by atoms with Gasteiger partial charge in [0.05, 0.1) is 0 Å². The molecule has 1 aliphatic rings. The quantitative estimate of drug-likeness (QED) is 0.555. The van der Waals surface area contributed by atoms with Crippen molar-refractivity contribution in [2.45, 2.75) is 33.6 Å². The number of hydrogen-bond acceptors (Lipinski definition) is 0. The Kier molecular flexibility index (Phi) is 3.07. The Bertz CT molecular complexity index is 211. The Morgan fingerprint density at radius 3 is 2.75 bits per heavy atom. The first kappa shape index (κ1) is 9.50. The topological polar surface area (TPSA) is 3.01 Å². The molecule has 0 saturated heterocycles. The van der Waals surface area contributed by atoms with Crippen LogP contribution in [0.4, 0.5) is 0 Å². The van der Waals surface area contributed by atoms with Crippen LogP contribution in [0.25, 0.3) is 0 Å². The molecule has 0 fully saturated rings. The van der Waals surface area contributed by atoms with Gasteiger partial charge in [-0.15, -0.1) is 0 Å². The number of allylic oxidation sites excluding steroid dienone is 1. The molecule has 0 spiro atoms. The van der Waals surface area contributed by atoms with Crippen LogP contribution in [0.1, 0.15) is 33.6 Å². The number of rotatable bonds is 2. The van der Waals surface area contributed by atoms with Gasteiger partial charge in [-0.2, -0.15) is 0 Å². The lowest BCUT2D eigenvalue weighted by Gasteiger charge is -2.18. The molecule has 0 bridgehead atoms. The van der Waals surface area contributed by atoms with Crippen LogP contribution >= 0.6 is 0 Å². The third-order valence-corrected chi connectivity index (χ3v) is 2.79. The van der Waals surface area contributed by atoms with E-state index in [9.17, 15) is 0 Å². The van der Waals surface area contributed by atoms with Gasteiger partial charge in [0.2, 0.25) is 0 Å². The first-order chi connectivity index (χ1) is 5.65. The predicted molar refractivity (Wildman–Crippen MR) is 53.6 cm³/mol. The van der Waals surface area contributed by atoms with Crippen molar-refractivity contribution in [1.82, 2.24) is 0 Å². The predicted octanol–water partition coefficient (Wildman–Crippen LogP) is 2.67. The summed E-state index contributed by atoms with van der Waals surface area (Å²) in [6.45, 7) is 6.84. The molecule has 1 nitrogen and oxygen atoms in total. The maximum atomic E-state index is 2.34. The van der Waals surface area contributed by atoms with Crippen LogP contribution in [0.15, 0.2) is 12.3 Å². The van der Waals surface area contributed by atoms with Crippen molar-refractivity contribution in [3.63, 3.8) is 0 Å². The lowest BCUT2D eigenvalue weighted by molar-refractivity contribution is -0.427. The zero-order chi connectivity index (χ0) is 9.14. The highest BCUT2D eigenvalue weighted by molar-refractivity contribution is 5.80. The third-order valence-electron chi connectivity index (χ3n) is 2.79. The van der Waals surface area contributed by atoms with Crippen molar-refractivity contribution in [1.29, 1.82) is 0 Å². The van der Waals surface area contributed by atoms with Crippen molar-refractivity contribution >= 4 is 5.71 Å². The van der Waals surface area contributed by atoms with Gasteiger partial charge in [0, 0.05) is 12.8 Å². The summed E-state index contributed by atoms with van der Waals surface area (Å²) < 4.78 is 2.26. The van der Waals surface area contributed by atoms with E-state index in [2.05, 4.69) is 44.7 Å². The SMILES string of the molecule is CCC1=[N+](C)C=CC(C(C)C)C1. The van der Waals surface area contributed by atoms with Crippen LogP contribution in [0.5, 0.6) is 0 Å². The molecule has 0 aromatic carbocycles. The zero-order valence-electron chi connectivity index (χ0n) is 8.67. The van der Waals surface area contributed by atoms with E-state index in [1.54, 1.807) is 5.71 Å². The Morgan fingerprint density at radius 1 is 1.58 bits per heavy atom. The minimum Gasteiger partial charge on any atom is -0.209 e. The van der Waals surface area contributed by atoms with Crippen molar-refractivity contribution in [2.75, 3.05) is 7.05 Å². The molecule has 1 rings (SSSR count). The van der Waals surface area contributed by atoms with Gasteiger partial charge in [0.1, 0.15) is 7.05 Å². The van der Waals surface area contributed by atoms with Gasteiger partial charge in [-0.25, -0.2) is 4.58 Å². The molecular weight excluding hydrogens is 146 g/mol. The van der Waals surface area contributed by atoms with Crippen LogP contribution in [0.2, 0.25) is 0 Å². The highest BCUT2D eigenvalue weighted by atomic mass is 15.0. The second-order valence-electron chi connectivity index (χ2n) is 3.98. The van der Waals surface area contributed by atoms with Gasteiger partial charge in [-0.05, 0) is 17.9 Å². The average molecular weight is 166 g/mol. The van der Waals surface area contributed by atoms with E-state index in [1.165, 1.54) is 12.8 Å². The fourth-order valence-electron chi connectivity index (χ4n) is 1.68. The average Bonchev–Trinajstić information content (AvgIpc) is 2.05. The fraction of sp³-hybridized carbons (Fsp3) is 0.727. The fourth-order valence-corrected chi connectivity index (χ4v) is 1.68. The molecular formula is C11H20N+. The minimum atomic E-state index is 0.760. The molecule has 1 aliphatic heterocycles. The van der Waals surface area contributed by atoms with E-state index >= 15 is 0 Å². The van der Waals surface area contributed by atoms with Gasteiger partial charge >= 0.3 is 0 Å². The first-order valence-electron chi connectivity index (χ1n) is 4.91. The summed E-state index contributed by atoms with van der Waals surface area (Å²) in [7, 11) is 2.14. The van der Waals surface area contributed by atoms with E-state index in [-0.39, 0.29) is 0 Å². The standard InChI is InChI=1S/C11H20N/c1-5-11-8-10(9(2)3)6-7-12(11)4/h6-7,9-10H,5,8H2,1-4H3/q+1. The van der Waals surface area contributed by atoms with Crippen molar-refractivity contribution in [3.05, 3.63) is 12.3 Å². The molecule has 1 heterocycles. The largest absolute Gasteiger partial charge is 0.209 e. The van der Waals surface area contributed by atoms with Crippen LogP contribution in [0.3, 0.4) is 0 Å². The molecule has 0 aliphatic carbocycles. The molecule has 0 radical (unpaired) electrons. The van der Waals surface area contributed by atoms with Crippen molar-refractivity contribution < 1.29 is 4.58 Å². The molecule has 1 unspecified atom stereocenters. The second-order valence-corrected chi connectivity index (χ2v) is 3.98. The summed E-state index contributed by atoms with van der Waals surface area (Å²) >= 11 is 0. The maximum absolute atomic E-state index is 2.34. The number of nitrogens with zero attached hydrogens (tertiary/aromatic N) is 1. The molecule has 1 atom stereocenters. The molecule has 0 amide bonds. The lowest BCUT2D eigenvalue weighted by atomic mass is 9.88. The zero-order valence-corrected chi connectivity index (χ0v) is 8.67. The van der Waals surface area contributed by atoms with Gasteiger partial charge in [0.25, 0.3) is 0 Å². The monoisotopic (exact) mass is 166 g/mol. The van der Waals surface area contributed by atoms with Gasteiger partial charge < -0.3 is 0 Å². The van der Waals surface area contributed by atoms with Gasteiger partial charge in [-0.3, -0.25) is 0 Å². The van der Waals surface area contributed by atoms with Crippen LogP contribution < -0.4 is 0 Å². The van der Waals surface area contributed by atoms with Gasteiger partial charge in [0.15, 0.2) is 11.9 Å². The Morgan fingerprint density at radius 2 is 2.25 bits per heavy atom. The van der Waals surface area contributed by atoms with E-state index in [0.29, 0.717) is 0 Å². The molecule has 12 heavy (non-hydrogen) atoms. The van der Waals surface area contributed by atoms with E-state index in [4.69, 9.17) is 0 Å². The summed E-state index contributed by atoms with van der Waals surface area (Å²) in [5.74, 6) is 1.53. The summed E-state index contributed by atoms with van der Waals surface area (Å²) in [4.78, 5) is 0.